The number of Topliss-reactive ketones (excluding diaryl/α,β-unsaturated/α-hetero) is 1. The number of nitrogens with zero attached hydrogens (tertiary/aromatic N) is 2. The molecule has 2 rings (SSSR count). The fourth-order valence-electron chi connectivity index (χ4n) is 1.48. The molecule has 0 spiro atoms. The third-order valence-electron chi connectivity index (χ3n) is 2.17. The first-order chi connectivity index (χ1) is 6.36. The molecule has 68 valence electrons. The summed E-state index contributed by atoms with van der Waals surface area (Å²) in [5, 5.41) is 0. The van der Waals surface area contributed by atoms with Gasteiger partial charge in [-0.05, 0) is 19.3 Å². The van der Waals surface area contributed by atoms with E-state index in [1.807, 2.05) is 0 Å². The van der Waals surface area contributed by atoms with Crippen LogP contribution in [0.2, 0.25) is 0 Å². The molecule has 0 aliphatic heterocycles. The Labute approximate surface area is 80.8 Å². The Hall–Kier alpha value is -1.03. The Kier molecular flexibility index (Phi) is 2.49. The Morgan fingerprint density at radius 1 is 1.62 bits per heavy atom. The van der Waals surface area contributed by atoms with Gasteiger partial charge >= 0.3 is 0 Å². The topological polar surface area (TPSA) is 42.9 Å². The summed E-state index contributed by atoms with van der Waals surface area (Å²) < 4.78 is 7.72. The zero-order valence-corrected chi connectivity index (χ0v) is 8.01. The van der Waals surface area contributed by atoms with E-state index in [4.69, 9.17) is 0 Å². The van der Waals surface area contributed by atoms with Crippen molar-refractivity contribution in [2.45, 2.75) is 25.7 Å². The van der Waals surface area contributed by atoms with Gasteiger partial charge in [0.25, 0.3) is 0 Å². The van der Waals surface area contributed by atoms with Crippen LogP contribution >= 0.6 is 11.7 Å². The van der Waals surface area contributed by atoms with E-state index in [-0.39, 0.29) is 5.78 Å². The number of carbonyl (C=O) groups is 1. The number of allylic oxidation sites excluding steroid dienone is 2. The Bertz CT molecular complexity index is 329. The molecule has 0 saturated carbocycles. The fraction of sp³-hybridized carbons (Fsp3) is 0.444. The molecule has 0 bridgehead atoms. The minimum atomic E-state index is 0.0990. The molecule has 0 aromatic carbocycles. The Morgan fingerprint density at radius 2 is 2.54 bits per heavy atom. The average Bonchev–Trinajstić information content (AvgIpc) is 2.74. The minimum Gasteiger partial charge on any atom is -0.292 e. The molecule has 0 radical (unpaired) electrons. The lowest BCUT2D eigenvalue weighted by molar-refractivity contribution is 0.0988. The van der Waals surface area contributed by atoms with Gasteiger partial charge in [0.2, 0.25) is 0 Å². The summed E-state index contributed by atoms with van der Waals surface area (Å²) in [6.07, 6.45) is 7.63. The van der Waals surface area contributed by atoms with E-state index in [2.05, 4.69) is 14.8 Å². The maximum Gasteiger partial charge on any atom is 0.187 e. The third kappa shape index (κ3) is 2.01. The van der Waals surface area contributed by atoms with E-state index in [9.17, 15) is 4.79 Å². The zero-order valence-electron chi connectivity index (χ0n) is 7.19. The number of hydrogen-bond donors (Lipinski definition) is 0. The molecule has 0 atom stereocenters. The summed E-state index contributed by atoms with van der Waals surface area (Å²) in [4.78, 5) is 11.5. The molecule has 1 aromatic rings. The van der Waals surface area contributed by atoms with Crippen LogP contribution in [0.4, 0.5) is 0 Å². The summed E-state index contributed by atoms with van der Waals surface area (Å²) in [6.45, 7) is 0. The molecular formula is C9H10N2OS. The Balaban J connectivity index is 1.99. The van der Waals surface area contributed by atoms with E-state index in [1.165, 1.54) is 12.0 Å². The summed E-state index contributed by atoms with van der Waals surface area (Å²) in [5.74, 6) is 0.0990. The highest BCUT2D eigenvalue weighted by Crippen LogP contribution is 2.21. The van der Waals surface area contributed by atoms with Crippen LogP contribution in [-0.2, 0) is 0 Å². The standard InChI is InChI=1S/C9H10N2OS/c12-9(8-6-10-13-11-8)5-7-3-1-2-4-7/h3,6H,1-2,4-5H2. The quantitative estimate of drug-likeness (QED) is 0.547. The van der Waals surface area contributed by atoms with Crippen molar-refractivity contribution in [1.82, 2.24) is 8.75 Å². The van der Waals surface area contributed by atoms with Crippen LogP contribution in [-0.4, -0.2) is 14.5 Å². The number of hydrogen-bond acceptors (Lipinski definition) is 4. The summed E-state index contributed by atoms with van der Waals surface area (Å²) in [6, 6.07) is 0. The lowest BCUT2D eigenvalue weighted by Gasteiger charge is -1.96. The average molecular weight is 194 g/mol. The van der Waals surface area contributed by atoms with Gasteiger partial charge in [-0.25, -0.2) is 0 Å². The van der Waals surface area contributed by atoms with Crippen LogP contribution in [0.1, 0.15) is 36.2 Å². The highest BCUT2D eigenvalue weighted by Gasteiger charge is 2.13. The molecule has 1 aromatic heterocycles. The second kappa shape index (κ2) is 3.79. The van der Waals surface area contributed by atoms with E-state index in [0.29, 0.717) is 12.1 Å². The van der Waals surface area contributed by atoms with Crippen molar-refractivity contribution in [2.24, 2.45) is 0 Å². The zero-order chi connectivity index (χ0) is 9.10. The highest BCUT2D eigenvalue weighted by atomic mass is 32.1. The van der Waals surface area contributed by atoms with Gasteiger partial charge in [-0.15, -0.1) is 0 Å². The molecule has 1 aliphatic carbocycles. The van der Waals surface area contributed by atoms with Gasteiger partial charge in [0.05, 0.1) is 17.9 Å². The lowest BCUT2D eigenvalue weighted by Crippen LogP contribution is -1.99. The van der Waals surface area contributed by atoms with Crippen molar-refractivity contribution < 1.29 is 4.79 Å². The van der Waals surface area contributed by atoms with E-state index in [1.54, 1.807) is 6.20 Å². The van der Waals surface area contributed by atoms with Crippen LogP contribution in [0.15, 0.2) is 17.8 Å². The van der Waals surface area contributed by atoms with Gasteiger partial charge in [-0.2, -0.15) is 8.75 Å². The van der Waals surface area contributed by atoms with Crippen molar-refractivity contribution >= 4 is 17.5 Å². The first-order valence-electron chi connectivity index (χ1n) is 4.35. The minimum absolute atomic E-state index is 0.0990. The van der Waals surface area contributed by atoms with Crippen molar-refractivity contribution in [3.63, 3.8) is 0 Å². The number of aromatic nitrogens is 2. The molecule has 0 amide bonds. The predicted molar refractivity (Wildman–Crippen MR) is 50.8 cm³/mol. The molecular weight excluding hydrogens is 184 g/mol. The van der Waals surface area contributed by atoms with Crippen molar-refractivity contribution in [1.29, 1.82) is 0 Å². The van der Waals surface area contributed by atoms with Crippen LogP contribution < -0.4 is 0 Å². The first-order valence-corrected chi connectivity index (χ1v) is 5.08. The largest absolute Gasteiger partial charge is 0.292 e. The normalized spacial score (nSPS) is 15.8. The highest BCUT2D eigenvalue weighted by molar-refractivity contribution is 6.99. The molecule has 0 saturated heterocycles. The summed E-state index contributed by atoms with van der Waals surface area (Å²) >= 11 is 1.09. The lowest BCUT2D eigenvalue weighted by atomic mass is 10.1. The van der Waals surface area contributed by atoms with Crippen LogP contribution in [0.5, 0.6) is 0 Å². The molecule has 4 heteroatoms. The molecule has 1 aliphatic rings. The maximum atomic E-state index is 11.5. The second-order valence-corrected chi connectivity index (χ2v) is 3.70. The number of carbonyl (C=O) groups excluding carboxylic acids is 1. The van der Waals surface area contributed by atoms with Gasteiger partial charge in [-0.3, -0.25) is 4.79 Å². The van der Waals surface area contributed by atoms with Crippen molar-refractivity contribution in [2.75, 3.05) is 0 Å². The van der Waals surface area contributed by atoms with E-state index < -0.39 is 0 Å². The van der Waals surface area contributed by atoms with Gasteiger partial charge < -0.3 is 0 Å². The molecule has 13 heavy (non-hydrogen) atoms. The predicted octanol–water partition coefficient (Wildman–Crippen LogP) is 2.22. The van der Waals surface area contributed by atoms with E-state index >= 15 is 0 Å². The van der Waals surface area contributed by atoms with Crippen LogP contribution in [0.25, 0.3) is 0 Å². The number of ketones is 1. The number of rotatable bonds is 3. The van der Waals surface area contributed by atoms with Crippen LogP contribution in [0.3, 0.4) is 0 Å². The monoisotopic (exact) mass is 194 g/mol. The molecule has 0 unspecified atom stereocenters. The Morgan fingerprint density at radius 3 is 3.15 bits per heavy atom. The molecule has 3 nitrogen and oxygen atoms in total. The van der Waals surface area contributed by atoms with Gasteiger partial charge in [-0.1, -0.05) is 11.6 Å². The molecule has 1 heterocycles. The van der Waals surface area contributed by atoms with Gasteiger partial charge in [0.15, 0.2) is 5.78 Å². The smallest absolute Gasteiger partial charge is 0.187 e. The maximum absolute atomic E-state index is 11.5. The van der Waals surface area contributed by atoms with Crippen molar-refractivity contribution in [3.8, 4) is 0 Å². The second-order valence-electron chi connectivity index (χ2n) is 3.15. The summed E-state index contributed by atoms with van der Waals surface area (Å²) in [7, 11) is 0. The van der Waals surface area contributed by atoms with E-state index in [0.717, 1.165) is 24.6 Å². The first kappa shape index (κ1) is 8.56. The van der Waals surface area contributed by atoms with Gasteiger partial charge in [0.1, 0.15) is 5.69 Å². The fourth-order valence-corrected chi connectivity index (χ4v) is 1.91. The van der Waals surface area contributed by atoms with Crippen LogP contribution in [0, 0.1) is 0 Å². The van der Waals surface area contributed by atoms with Gasteiger partial charge in [0, 0.05) is 6.42 Å². The molecule has 0 fully saturated rings. The summed E-state index contributed by atoms with van der Waals surface area (Å²) in [5.41, 5.74) is 1.77. The SMILES string of the molecule is O=C(CC1=CCCC1)c1cnsn1. The third-order valence-corrected chi connectivity index (χ3v) is 2.65. The van der Waals surface area contributed by atoms with Crippen molar-refractivity contribution in [3.05, 3.63) is 23.5 Å². The molecule has 0 N–H and O–H groups in total.